The molecule has 0 saturated heterocycles. The fourth-order valence-electron chi connectivity index (χ4n) is 3.85. The largest absolute Gasteiger partial charge is 0.323 e. The highest BCUT2D eigenvalue weighted by atomic mass is 32.2. The van der Waals surface area contributed by atoms with Gasteiger partial charge in [-0.1, -0.05) is 43.3 Å². The summed E-state index contributed by atoms with van der Waals surface area (Å²) in [5.74, 6) is 0.261. The molecule has 0 spiro atoms. The lowest BCUT2D eigenvalue weighted by molar-refractivity contribution is -0.907. The van der Waals surface area contributed by atoms with Crippen molar-refractivity contribution in [3.8, 4) is 0 Å². The zero-order valence-electron chi connectivity index (χ0n) is 14.7. The van der Waals surface area contributed by atoms with E-state index in [9.17, 15) is 4.79 Å². The summed E-state index contributed by atoms with van der Waals surface area (Å²) in [6.07, 6.45) is 2.12. The standard InChI is InChI=1S/C21H24N2OS/c1-16-10-13-23(19-8-4-5-9-20(19)25-16)21(24)15-22-12-11-17-6-2-3-7-18(17)14-22/h2-9,16H,10-15H2,1H3/p+1/t16-/m0/s1. The maximum Gasteiger partial charge on any atom is 0.282 e. The maximum absolute atomic E-state index is 13.1. The number of nitrogens with one attached hydrogen (secondary N) is 1. The van der Waals surface area contributed by atoms with Gasteiger partial charge in [-0.25, -0.2) is 0 Å². The molecule has 25 heavy (non-hydrogen) atoms. The number of nitrogens with zero attached hydrogens (tertiary/aromatic N) is 1. The number of anilines is 1. The van der Waals surface area contributed by atoms with Crippen molar-refractivity contribution in [2.75, 3.05) is 24.5 Å². The van der Waals surface area contributed by atoms with Gasteiger partial charge in [-0.3, -0.25) is 4.79 Å². The molecule has 2 aliphatic rings. The zero-order chi connectivity index (χ0) is 17.2. The Morgan fingerprint density at radius 1 is 1.16 bits per heavy atom. The van der Waals surface area contributed by atoms with E-state index in [1.165, 1.54) is 20.9 Å². The number of carbonyl (C=O) groups is 1. The molecular formula is C21H25N2OS+. The van der Waals surface area contributed by atoms with Crippen LogP contribution in [-0.2, 0) is 17.8 Å². The van der Waals surface area contributed by atoms with Gasteiger partial charge in [0.25, 0.3) is 5.91 Å². The summed E-state index contributed by atoms with van der Waals surface area (Å²) < 4.78 is 0. The molecule has 2 aliphatic heterocycles. The first-order valence-corrected chi connectivity index (χ1v) is 10.0. The van der Waals surface area contributed by atoms with Gasteiger partial charge in [-0.15, -0.1) is 11.8 Å². The van der Waals surface area contributed by atoms with E-state index in [1.54, 1.807) is 0 Å². The van der Waals surface area contributed by atoms with Crippen molar-refractivity contribution in [2.24, 2.45) is 0 Å². The van der Waals surface area contributed by atoms with Crippen LogP contribution in [0.5, 0.6) is 0 Å². The number of quaternary nitrogens is 1. The van der Waals surface area contributed by atoms with Crippen LogP contribution in [0.15, 0.2) is 53.4 Å². The van der Waals surface area contributed by atoms with Crippen molar-refractivity contribution in [3.05, 3.63) is 59.7 Å². The van der Waals surface area contributed by atoms with Crippen LogP contribution in [0.2, 0.25) is 0 Å². The molecule has 0 fully saturated rings. The van der Waals surface area contributed by atoms with Gasteiger partial charge in [0, 0.05) is 28.7 Å². The molecule has 2 heterocycles. The molecule has 2 aromatic rings. The van der Waals surface area contributed by atoms with E-state index < -0.39 is 0 Å². The SMILES string of the molecule is C[C@H]1CCN(C(=O)C[NH+]2CCc3ccccc3C2)c2ccccc2S1. The van der Waals surface area contributed by atoms with Crippen LogP contribution < -0.4 is 9.80 Å². The molecule has 4 heteroatoms. The molecule has 0 aliphatic carbocycles. The maximum atomic E-state index is 13.1. The molecule has 0 aromatic heterocycles. The average Bonchev–Trinajstić information content (AvgIpc) is 2.80. The van der Waals surface area contributed by atoms with Gasteiger partial charge in [-0.2, -0.15) is 0 Å². The predicted octanol–water partition coefficient (Wildman–Crippen LogP) is 2.55. The van der Waals surface area contributed by atoms with Gasteiger partial charge in [0.2, 0.25) is 0 Å². The molecule has 0 radical (unpaired) electrons. The normalized spacial score (nSPS) is 22.7. The van der Waals surface area contributed by atoms with Crippen molar-refractivity contribution >= 4 is 23.4 Å². The van der Waals surface area contributed by atoms with E-state index in [0.717, 1.165) is 38.2 Å². The molecule has 4 rings (SSSR count). The van der Waals surface area contributed by atoms with E-state index in [1.807, 2.05) is 22.7 Å². The molecule has 1 unspecified atom stereocenters. The van der Waals surface area contributed by atoms with Crippen molar-refractivity contribution in [3.63, 3.8) is 0 Å². The average molecular weight is 354 g/mol. The molecule has 1 N–H and O–H groups in total. The molecule has 0 saturated carbocycles. The zero-order valence-corrected chi connectivity index (χ0v) is 15.5. The van der Waals surface area contributed by atoms with Gasteiger partial charge in [-0.05, 0) is 24.1 Å². The minimum absolute atomic E-state index is 0.261. The van der Waals surface area contributed by atoms with Gasteiger partial charge in [0.15, 0.2) is 6.54 Å². The predicted molar refractivity (Wildman–Crippen MR) is 103 cm³/mol. The Balaban J connectivity index is 1.50. The lowest BCUT2D eigenvalue weighted by atomic mass is 10.00. The minimum Gasteiger partial charge on any atom is -0.323 e. The van der Waals surface area contributed by atoms with E-state index in [-0.39, 0.29) is 5.91 Å². The fourth-order valence-corrected chi connectivity index (χ4v) is 4.96. The monoisotopic (exact) mass is 353 g/mol. The van der Waals surface area contributed by atoms with Crippen molar-refractivity contribution in [1.82, 2.24) is 0 Å². The molecular weight excluding hydrogens is 328 g/mol. The molecule has 2 atom stereocenters. The summed E-state index contributed by atoms with van der Waals surface area (Å²) in [5, 5.41) is 0.549. The second kappa shape index (κ2) is 7.22. The van der Waals surface area contributed by atoms with Crippen LogP contribution in [0.25, 0.3) is 0 Å². The van der Waals surface area contributed by atoms with E-state index in [0.29, 0.717) is 11.8 Å². The Bertz CT molecular complexity index is 776. The second-order valence-corrected chi connectivity index (χ2v) is 8.58. The number of benzene rings is 2. The molecule has 130 valence electrons. The third kappa shape index (κ3) is 3.60. The first kappa shape index (κ1) is 16.7. The highest BCUT2D eigenvalue weighted by Gasteiger charge is 2.28. The van der Waals surface area contributed by atoms with Gasteiger partial charge in [0.1, 0.15) is 6.54 Å². The quantitative estimate of drug-likeness (QED) is 0.897. The summed E-state index contributed by atoms with van der Waals surface area (Å²) >= 11 is 1.89. The van der Waals surface area contributed by atoms with Crippen LogP contribution >= 0.6 is 11.8 Å². The lowest BCUT2D eigenvalue weighted by Crippen LogP contribution is -3.13. The molecule has 2 aromatic carbocycles. The number of hydrogen-bond acceptors (Lipinski definition) is 2. The first-order valence-electron chi connectivity index (χ1n) is 9.17. The summed E-state index contributed by atoms with van der Waals surface area (Å²) in [6, 6.07) is 17.0. The Kier molecular flexibility index (Phi) is 4.82. The third-order valence-electron chi connectivity index (χ3n) is 5.25. The van der Waals surface area contributed by atoms with Crippen LogP contribution in [0.1, 0.15) is 24.5 Å². The van der Waals surface area contributed by atoms with Crippen LogP contribution in [0.3, 0.4) is 0 Å². The first-order chi connectivity index (χ1) is 12.2. The molecule has 3 nitrogen and oxygen atoms in total. The second-order valence-electron chi connectivity index (χ2n) is 7.10. The smallest absolute Gasteiger partial charge is 0.282 e. The molecule has 1 amide bonds. The minimum atomic E-state index is 0.261. The van der Waals surface area contributed by atoms with Gasteiger partial charge >= 0.3 is 0 Å². The highest BCUT2D eigenvalue weighted by molar-refractivity contribution is 8.00. The number of rotatable bonds is 2. The third-order valence-corrected chi connectivity index (χ3v) is 6.49. The number of thioether (sulfide) groups is 1. The van der Waals surface area contributed by atoms with Crippen molar-refractivity contribution in [2.45, 2.75) is 36.5 Å². The number of fused-ring (bicyclic) bond motifs is 2. The summed E-state index contributed by atoms with van der Waals surface area (Å²) in [5.41, 5.74) is 3.94. The van der Waals surface area contributed by atoms with Crippen LogP contribution in [-0.4, -0.2) is 30.8 Å². The Morgan fingerprint density at radius 3 is 2.80 bits per heavy atom. The molecule has 0 bridgehead atoms. The Hall–Kier alpha value is -1.78. The topological polar surface area (TPSA) is 24.8 Å². The number of amides is 1. The Morgan fingerprint density at radius 2 is 1.92 bits per heavy atom. The number of para-hydroxylation sites is 1. The van der Waals surface area contributed by atoms with E-state index in [2.05, 4.69) is 49.4 Å². The summed E-state index contributed by atoms with van der Waals surface area (Å²) in [7, 11) is 0. The van der Waals surface area contributed by atoms with E-state index >= 15 is 0 Å². The summed E-state index contributed by atoms with van der Waals surface area (Å²) in [4.78, 5) is 17.7. The fraction of sp³-hybridized carbons (Fsp3) is 0.381. The summed E-state index contributed by atoms with van der Waals surface area (Å²) in [6.45, 7) is 5.67. The number of hydrogen-bond donors (Lipinski definition) is 1. The van der Waals surface area contributed by atoms with Crippen molar-refractivity contribution in [1.29, 1.82) is 0 Å². The number of carbonyl (C=O) groups excluding carboxylic acids is 1. The Labute approximate surface area is 154 Å². The highest BCUT2D eigenvalue weighted by Crippen LogP contribution is 2.37. The van der Waals surface area contributed by atoms with Gasteiger partial charge in [0.05, 0.1) is 12.2 Å². The van der Waals surface area contributed by atoms with Crippen LogP contribution in [0.4, 0.5) is 5.69 Å². The van der Waals surface area contributed by atoms with Crippen LogP contribution in [0, 0.1) is 0 Å². The van der Waals surface area contributed by atoms with E-state index in [4.69, 9.17) is 0 Å². The van der Waals surface area contributed by atoms with Crippen molar-refractivity contribution < 1.29 is 9.69 Å². The lowest BCUT2D eigenvalue weighted by Gasteiger charge is -2.28. The van der Waals surface area contributed by atoms with Gasteiger partial charge < -0.3 is 9.80 Å².